The van der Waals surface area contributed by atoms with Crippen molar-refractivity contribution in [3.63, 3.8) is 0 Å². The van der Waals surface area contributed by atoms with E-state index in [2.05, 4.69) is 4.74 Å². The molecule has 0 saturated heterocycles. The predicted octanol–water partition coefficient (Wildman–Crippen LogP) is 12.0. The first kappa shape index (κ1) is 38.0. The number of halogens is 11. The van der Waals surface area contributed by atoms with Gasteiger partial charge in [0.1, 0.15) is 40.1 Å². The highest BCUT2D eigenvalue weighted by Crippen LogP contribution is 2.43. The van der Waals surface area contributed by atoms with Gasteiger partial charge in [-0.3, -0.25) is 0 Å². The van der Waals surface area contributed by atoms with E-state index in [0.29, 0.717) is 44.1 Å². The number of unbranched alkanes of at least 4 members (excludes halogenated alkanes) is 3. The highest BCUT2D eigenvalue weighted by molar-refractivity contribution is 5.32. The van der Waals surface area contributed by atoms with Crippen LogP contribution in [0.5, 0.6) is 5.75 Å². The SMILES string of the molecule is CCCCCCc1cc(F)c(C(F)(F)OC2CCC(/C=C/C3CCC(C(F)(F)Oc4cc(F)c(C(F)(F)F)c(F)c4)CC3)CC2)c(F)c1. The number of alkyl halides is 7. The minimum atomic E-state index is -5.34. The maximum absolute atomic E-state index is 14.9. The smallest absolute Gasteiger partial charge is 0.422 e. The zero-order valence-corrected chi connectivity index (χ0v) is 26.4. The number of benzene rings is 2. The van der Waals surface area contributed by atoms with Gasteiger partial charge in [-0.25, -0.2) is 17.6 Å². The highest BCUT2D eigenvalue weighted by Gasteiger charge is 2.45. The fraction of sp³-hybridized carbons (Fsp3) is 0.600. The van der Waals surface area contributed by atoms with Crippen molar-refractivity contribution in [2.75, 3.05) is 0 Å². The van der Waals surface area contributed by atoms with Crippen LogP contribution < -0.4 is 4.74 Å². The minimum Gasteiger partial charge on any atom is -0.432 e. The zero-order chi connectivity index (χ0) is 35.3. The van der Waals surface area contributed by atoms with Gasteiger partial charge in [-0.1, -0.05) is 38.3 Å². The third kappa shape index (κ3) is 9.88. The van der Waals surface area contributed by atoms with Crippen molar-refractivity contribution in [2.24, 2.45) is 17.8 Å². The first-order valence-electron chi connectivity index (χ1n) is 16.4. The van der Waals surface area contributed by atoms with E-state index >= 15 is 0 Å². The summed E-state index contributed by atoms with van der Waals surface area (Å²) in [4.78, 5) is 0. The Bertz CT molecular complexity index is 1340. The van der Waals surface area contributed by atoms with Crippen LogP contribution in [0.1, 0.15) is 101 Å². The van der Waals surface area contributed by atoms with Crippen LogP contribution in [0.25, 0.3) is 0 Å². The van der Waals surface area contributed by atoms with E-state index < -0.39 is 70.6 Å². The molecule has 13 heteroatoms. The second kappa shape index (κ2) is 15.8. The summed E-state index contributed by atoms with van der Waals surface area (Å²) in [5, 5.41) is 0. The molecule has 2 saturated carbocycles. The maximum Gasteiger partial charge on any atom is 0.422 e. The Morgan fingerprint density at radius 3 is 1.65 bits per heavy atom. The number of hydrogen-bond donors (Lipinski definition) is 0. The summed E-state index contributed by atoms with van der Waals surface area (Å²) < 4.78 is 164. The molecule has 4 rings (SSSR count). The third-order valence-corrected chi connectivity index (χ3v) is 9.20. The molecule has 2 aromatic carbocycles. The predicted molar refractivity (Wildman–Crippen MR) is 156 cm³/mol. The quantitative estimate of drug-likeness (QED) is 0.118. The van der Waals surface area contributed by atoms with Gasteiger partial charge in [0.05, 0.1) is 12.0 Å². The minimum absolute atomic E-state index is 0.00546. The monoisotopic (exact) mass is 700 g/mol. The molecular weight excluding hydrogens is 661 g/mol. The van der Waals surface area contributed by atoms with E-state index in [9.17, 15) is 48.3 Å². The van der Waals surface area contributed by atoms with Crippen LogP contribution in [0.4, 0.5) is 48.3 Å². The van der Waals surface area contributed by atoms with E-state index in [1.165, 1.54) is 0 Å². The number of aryl methyl sites for hydroxylation is 1. The van der Waals surface area contributed by atoms with Crippen LogP contribution in [0.2, 0.25) is 0 Å². The van der Waals surface area contributed by atoms with Crippen LogP contribution in [0, 0.1) is 41.0 Å². The maximum atomic E-state index is 14.9. The molecule has 0 spiro atoms. The summed E-state index contributed by atoms with van der Waals surface area (Å²) in [5.74, 6) is -9.25. The summed E-state index contributed by atoms with van der Waals surface area (Å²) in [6.07, 6.45) is -4.56. The van der Waals surface area contributed by atoms with Gasteiger partial charge in [-0.2, -0.15) is 30.7 Å². The summed E-state index contributed by atoms with van der Waals surface area (Å²) in [6.45, 7) is 2.03. The van der Waals surface area contributed by atoms with E-state index in [1.54, 1.807) is 0 Å². The normalized spacial score (nSPS) is 22.8. The van der Waals surface area contributed by atoms with E-state index in [-0.39, 0.29) is 49.7 Å². The fourth-order valence-electron chi connectivity index (χ4n) is 6.55. The van der Waals surface area contributed by atoms with Gasteiger partial charge in [0.2, 0.25) is 0 Å². The molecule has 0 bridgehead atoms. The van der Waals surface area contributed by atoms with Crippen molar-refractivity contribution in [2.45, 2.75) is 115 Å². The lowest BCUT2D eigenvalue weighted by atomic mass is 9.80. The summed E-state index contributed by atoms with van der Waals surface area (Å²) >= 11 is 0. The molecule has 0 atom stereocenters. The molecule has 2 aliphatic rings. The van der Waals surface area contributed by atoms with Gasteiger partial charge in [-0.15, -0.1) is 0 Å². The second-order valence-corrected chi connectivity index (χ2v) is 12.8. The third-order valence-electron chi connectivity index (χ3n) is 9.20. The summed E-state index contributed by atoms with van der Waals surface area (Å²) in [6, 6.07) is 2.04. The lowest BCUT2D eigenvalue weighted by molar-refractivity contribution is -0.280. The number of ether oxygens (including phenoxy) is 2. The van der Waals surface area contributed by atoms with Crippen molar-refractivity contribution in [1.82, 2.24) is 0 Å². The number of hydrogen-bond acceptors (Lipinski definition) is 2. The van der Waals surface area contributed by atoms with Crippen LogP contribution >= 0.6 is 0 Å². The molecular formula is C35H39F11O2. The van der Waals surface area contributed by atoms with Crippen LogP contribution in [-0.2, 0) is 23.4 Å². The fourth-order valence-corrected chi connectivity index (χ4v) is 6.55. The average molecular weight is 701 g/mol. The van der Waals surface area contributed by atoms with Crippen molar-refractivity contribution in [3.8, 4) is 5.75 Å². The van der Waals surface area contributed by atoms with Gasteiger partial charge < -0.3 is 9.47 Å². The number of allylic oxidation sites excluding steroid dienone is 2. The first-order chi connectivity index (χ1) is 22.5. The summed E-state index contributed by atoms with van der Waals surface area (Å²) in [5.41, 5.74) is -3.27. The first-order valence-corrected chi connectivity index (χ1v) is 16.4. The van der Waals surface area contributed by atoms with Crippen molar-refractivity contribution in [3.05, 3.63) is 76.4 Å². The zero-order valence-electron chi connectivity index (χ0n) is 26.4. The Labute approximate surface area is 272 Å². The molecule has 2 fully saturated rings. The molecule has 0 amide bonds. The van der Waals surface area contributed by atoms with Gasteiger partial charge in [0.15, 0.2) is 0 Å². The summed E-state index contributed by atoms with van der Waals surface area (Å²) in [7, 11) is 0. The Hall–Kier alpha value is -2.83. The van der Waals surface area contributed by atoms with E-state index in [1.807, 2.05) is 19.1 Å². The molecule has 2 nitrogen and oxygen atoms in total. The lowest BCUT2D eigenvalue weighted by Crippen LogP contribution is -2.37. The van der Waals surface area contributed by atoms with Gasteiger partial charge in [0, 0.05) is 12.1 Å². The van der Waals surface area contributed by atoms with Gasteiger partial charge in [-0.05, 0) is 93.7 Å². The number of rotatable bonds is 13. The molecule has 2 aromatic rings. The topological polar surface area (TPSA) is 18.5 Å². The Morgan fingerprint density at radius 2 is 1.15 bits per heavy atom. The Kier molecular flexibility index (Phi) is 12.5. The average Bonchev–Trinajstić information content (AvgIpc) is 2.97. The van der Waals surface area contributed by atoms with Crippen molar-refractivity contribution >= 4 is 0 Å². The Balaban J connectivity index is 1.23. The van der Waals surface area contributed by atoms with Gasteiger partial charge in [0.25, 0.3) is 0 Å². The largest absolute Gasteiger partial charge is 0.432 e. The Morgan fingerprint density at radius 1 is 0.646 bits per heavy atom. The molecule has 0 heterocycles. The molecule has 48 heavy (non-hydrogen) atoms. The lowest BCUT2D eigenvalue weighted by Gasteiger charge is -2.33. The molecule has 0 N–H and O–H groups in total. The van der Waals surface area contributed by atoms with Crippen LogP contribution in [0.3, 0.4) is 0 Å². The van der Waals surface area contributed by atoms with E-state index in [4.69, 9.17) is 4.74 Å². The van der Waals surface area contributed by atoms with Crippen molar-refractivity contribution < 1.29 is 57.8 Å². The van der Waals surface area contributed by atoms with E-state index in [0.717, 1.165) is 31.4 Å². The van der Waals surface area contributed by atoms with Crippen LogP contribution in [-0.4, -0.2) is 12.2 Å². The molecule has 268 valence electrons. The van der Waals surface area contributed by atoms with Crippen molar-refractivity contribution in [1.29, 1.82) is 0 Å². The molecule has 0 radical (unpaired) electrons. The standard InChI is InChI=1S/C35H39F11O2/c1-2-3-4-5-6-23-17-27(36)32(28(37)18-23)35(45,46)47-25-15-11-22(12-16-25)8-7-21-9-13-24(14-10-21)34(43,44)48-26-19-29(38)31(30(39)20-26)33(40,41)42/h7-8,17-22,24-25H,2-6,9-16H2,1H3/b8-7+. The van der Waals surface area contributed by atoms with Crippen LogP contribution in [0.15, 0.2) is 36.4 Å². The highest BCUT2D eigenvalue weighted by atomic mass is 19.4. The second-order valence-electron chi connectivity index (χ2n) is 12.8. The molecule has 0 unspecified atom stereocenters. The molecule has 0 aliphatic heterocycles. The van der Waals surface area contributed by atoms with Gasteiger partial charge >= 0.3 is 18.4 Å². The molecule has 0 aromatic heterocycles. The molecule has 2 aliphatic carbocycles.